The molecular weight excluding hydrogens is 302 g/mol. The summed E-state index contributed by atoms with van der Waals surface area (Å²) in [5.41, 5.74) is 0.679. The van der Waals surface area contributed by atoms with Crippen LogP contribution in [0, 0.1) is 0 Å². The van der Waals surface area contributed by atoms with Gasteiger partial charge in [-0.3, -0.25) is 15.0 Å². The molecule has 0 radical (unpaired) electrons. The lowest BCUT2D eigenvalue weighted by Crippen LogP contribution is -2.30. The molecule has 1 fully saturated rings. The highest BCUT2D eigenvalue weighted by molar-refractivity contribution is 7.80. The molecule has 2 N–H and O–H groups in total. The van der Waals surface area contributed by atoms with Gasteiger partial charge >= 0.3 is 6.09 Å². The first kappa shape index (κ1) is 16.2. The van der Waals surface area contributed by atoms with Gasteiger partial charge in [-0.2, -0.15) is 0 Å². The van der Waals surface area contributed by atoms with E-state index in [-0.39, 0.29) is 11.9 Å². The zero-order valence-electron chi connectivity index (χ0n) is 13.0. The third-order valence-corrected chi connectivity index (χ3v) is 3.21. The van der Waals surface area contributed by atoms with E-state index in [2.05, 4.69) is 10.6 Å². The Kier molecular flexibility index (Phi) is 4.37. The fourth-order valence-electron chi connectivity index (χ4n) is 1.97. The van der Waals surface area contributed by atoms with Crippen molar-refractivity contribution in [1.29, 1.82) is 0 Å². The molecule has 1 aromatic rings. The number of nitrogens with zero attached hydrogens (tertiary/aromatic N) is 1. The SMILES string of the molecule is C[C@@H]1NC(=S)N(c2ccc(NC(=O)OC(C)(C)C)cc2)C1=O. The number of rotatable bonds is 2. The van der Waals surface area contributed by atoms with E-state index < -0.39 is 11.7 Å². The number of ether oxygens (including phenoxy) is 1. The average molecular weight is 321 g/mol. The molecule has 1 saturated heterocycles. The van der Waals surface area contributed by atoms with Crippen molar-refractivity contribution in [2.45, 2.75) is 39.3 Å². The summed E-state index contributed by atoms with van der Waals surface area (Å²) in [5.74, 6) is -0.0992. The van der Waals surface area contributed by atoms with Crippen molar-refractivity contribution < 1.29 is 14.3 Å². The maximum atomic E-state index is 12.0. The number of nitrogens with one attached hydrogen (secondary N) is 2. The number of carbonyl (C=O) groups excluding carboxylic acids is 2. The lowest BCUT2D eigenvalue weighted by atomic mass is 10.2. The zero-order valence-corrected chi connectivity index (χ0v) is 13.8. The second kappa shape index (κ2) is 5.92. The quantitative estimate of drug-likeness (QED) is 0.820. The maximum Gasteiger partial charge on any atom is 0.412 e. The van der Waals surface area contributed by atoms with E-state index in [1.165, 1.54) is 4.90 Å². The Labute approximate surface area is 134 Å². The molecule has 1 aromatic carbocycles. The minimum atomic E-state index is -0.556. The van der Waals surface area contributed by atoms with E-state index in [0.29, 0.717) is 16.5 Å². The smallest absolute Gasteiger partial charge is 0.412 e. The molecule has 0 aliphatic carbocycles. The standard InChI is InChI=1S/C15H19N3O3S/c1-9-12(19)18(13(22)16-9)11-7-5-10(6-8-11)17-14(20)21-15(2,3)4/h5-9H,1-4H3,(H,16,22)(H,17,20)/t9-/m0/s1. The van der Waals surface area contributed by atoms with Crippen molar-refractivity contribution in [3.63, 3.8) is 0 Å². The number of carbonyl (C=O) groups is 2. The van der Waals surface area contributed by atoms with Crippen LogP contribution in [-0.4, -0.2) is 28.8 Å². The molecule has 2 amide bonds. The molecule has 6 nitrogen and oxygen atoms in total. The highest BCUT2D eigenvalue weighted by Crippen LogP contribution is 2.22. The predicted octanol–water partition coefficient (Wildman–Crippen LogP) is 2.64. The van der Waals surface area contributed by atoms with Gasteiger partial charge in [0.05, 0.1) is 5.69 Å². The van der Waals surface area contributed by atoms with Gasteiger partial charge in [0.2, 0.25) is 0 Å². The predicted molar refractivity (Wildman–Crippen MR) is 89.0 cm³/mol. The van der Waals surface area contributed by atoms with E-state index in [9.17, 15) is 9.59 Å². The minimum absolute atomic E-state index is 0.0992. The monoisotopic (exact) mass is 321 g/mol. The third-order valence-electron chi connectivity index (χ3n) is 2.90. The number of anilines is 2. The Bertz CT molecular complexity index is 607. The summed E-state index contributed by atoms with van der Waals surface area (Å²) < 4.78 is 5.17. The largest absolute Gasteiger partial charge is 0.444 e. The number of hydrogen-bond acceptors (Lipinski definition) is 4. The van der Waals surface area contributed by atoms with E-state index in [1.54, 1.807) is 52.0 Å². The van der Waals surface area contributed by atoms with Crippen molar-refractivity contribution >= 4 is 40.7 Å². The van der Waals surface area contributed by atoms with Gasteiger partial charge in [-0.15, -0.1) is 0 Å². The molecule has 2 rings (SSSR count). The van der Waals surface area contributed by atoms with Crippen molar-refractivity contribution in [2.75, 3.05) is 10.2 Å². The number of benzene rings is 1. The number of thiocarbonyl (C=S) groups is 1. The lowest BCUT2D eigenvalue weighted by molar-refractivity contribution is -0.117. The minimum Gasteiger partial charge on any atom is -0.444 e. The van der Waals surface area contributed by atoms with Crippen LogP contribution in [0.25, 0.3) is 0 Å². The Morgan fingerprint density at radius 2 is 1.91 bits per heavy atom. The molecular formula is C15H19N3O3S. The van der Waals surface area contributed by atoms with Crippen LogP contribution in [0.5, 0.6) is 0 Å². The summed E-state index contributed by atoms with van der Waals surface area (Å²) in [6.45, 7) is 7.14. The summed E-state index contributed by atoms with van der Waals surface area (Å²) in [7, 11) is 0. The maximum absolute atomic E-state index is 12.0. The summed E-state index contributed by atoms with van der Waals surface area (Å²) in [6, 6.07) is 6.50. The van der Waals surface area contributed by atoms with Crippen LogP contribution >= 0.6 is 12.2 Å². The number of hydrogen-bond donors (Lipinski definition) is 2. The van der Waals surface area contributed by atoms with E-state index >= 15 is 0 Å². The van der Waals surface area contributed by atoms with E-state index in [1.807, 2.05) is 0 Å². The van der Waals surface area contributed by atoms with Gasteiger partial charge in [0, 0.05) is 5.69 Å². The molecule has 1 heterocycles. The first-order valence-electron chi connectivity index (χ1n) is 6.92. The van der Waals surface area contributed by atoms with Gasteiger partial charge < -0.3 is 10.1 Å². The molecule has 0 aromatic heterocycles. The molecule has 1 aliphatic rings. The highest BCUT2D eigenvalue weighted by Gasteiger charge is 2.33. The molecule has 7 heteroatoms. The highest BCUT2D eigenvalue weighted by atomic mass is 32.1. The van der Waals surface area contributed by atoms with E-state index in [4.69, 9.17) is 17.0 Å². The summed E-state index contributed by atoms with van der Waals surface area (Å²) in [4.78, 5) is 25.2. The van der Waals surface area contributed by atoms with Crippen molar-refractivity contribution in [1.82, 2.24) is 5.32 Å². The van der Waals surface area contributed by atoms with Gasteiger partial charge in [0.25, 0.3) is 5.91 Å². The molecule has 0 bridgehead atoms. The summed E-state index contributed by atoms with van der Waals surface area (Å²) in [5, 5.41) is 5.92. The van der Waals surface area contributed by atoms with Gasteiger partial charge in [-0.1, -0.05) is 0 Å². The van der Waals surface area contributed by atoms with E-state index in [0.717, 1.165) is 0 Å². The Hall–Kier alpha value is -2.15. The normalized spacial score (nSPS) is 18.2. The van der Waals surface area contributed by atoms with Crippen LogP contribution in [0.15, 0.2) is 24.3 Å². The zero-order chi connectivity index (χ0) is 16.5. The Morgan fingerprint density at radius 1 is 1.32 bits per heavy atom. The summed E-state index contributed by atoms with van der Waals surface area (Å²) in [6.07, 6.45) is -0.525. The topological polar surface area (TPSA) is 70.7 Å². The second-order valence-corrected chi connectivity index (χ2v) is 6.41. The van der Waals surface area contributed by atoms with Crippen molar-refractivity contribution in [2.24, 2.45) is 0 Å². The van der Waals surface area contributed by atoms with Gasteiger partial charge in [-0.25, -0.2) is 4.79 Å². The Balaban J connectivity index is 2.06. The average Bonchev–Trinajstić information content (AvgIpc) is 2.62. The number of amides is 2. The Morgan fingerprint density at radius 3 is 2.36 bits per heavy atom. The molecule has 1 atom stereocenters. The van der Waals surface area contributed by atoms with Crippen molar-refractivity contribution in [3.8, 4) is 0 Å². The van der Waals surface area contributed by atoms with Crippen molar-refractivity contribution in [3.05, 3.63) is 24.3 Å². The summed E-state index contributed by atoms with van der Waals surface area (Å²) >= 11 is 5.14. The molecule has 22 heavy (non-hydrogen) atoms. The van der Waals surface area contributed by atoms with Crippen LogP contribution in [0.3, 0.4) is 0 Å². The fourth-order valence-corrected chi connectivity index (χ4v) is 2.34. The molecule has 1 aliphatic heterocycles. The van der Waals surface area contributed by atoms with Crippen LogP contribution in [0.1, 0.15) is 27.7 Å². The molecule has 0 spiro atoms. The van der Waals surface area contributed by atoms with Gasteiger partial charge in [0.1, 0.15) is 11.6 Å². The van der Waals surface area contributed by atoms with Crippen LogP contribution in [0.4, 0.5) is 16.2 Å². The van der Waals surface area contributed by atoms with Gasteiger partial charge in [-0.05, 0) is 64.2 Å². The molecule has 118 valence electrons. The molecule has 0 unspecified atom stereocenters. The molecule has 0 saturated carbocycles. The van der Waals surface area contributed by atoms with Crippen LogP contribution < -0.4 is 15.5 Å². The van der Waals surface area contributed by atoms with Crippen LogP contribution in [-0.2, 0) is 9.53 Å². The first-order valence-corrected chi connectivity index (χ1v) is 7.33. The second-order valence-electron chi connectivity index (χ2n) is 6.02. The third kappa shape index (κ3) is 3.73. The van der Waals surface area contributed by atoms with Gasteiger partial charge in [0.15, 0.2) is 5.11 Å². The fraction of sp³-hybridized carbons (Fsp3) is 0.400. The van der Waals surface area contributed by atoms with Crippen LogP contribution in [0.2, 0.25) is 0 Å². The first-order chi connectivity index (χ1) is 10.2. The lowest BCUT2D eigenvalue weighted by Gasteiger charge is -2.20.